The number of rotatable bonds is 4. The molecule has 1 aliphatic rings. The van der Waals surface area contributed by atoms with Crippen molar-refractivity contribution in [3.8, 4) is 0 Å². The lowest BCUT2D eigenvalue weighted by atomic mass is 9.97. The van der Waals surface area contributed by atoms with E-state index in [1.165, 1.54) is 15.6 Å². The van der Waals surface area contributed by atoms with Gasteiger partial charge in [0.2, 0.25) is 10.0 Å². The molecule has 5 nitrogen and oxygen atoms in total. The third kappa shape index (κ3) is 2.92. The summed E-state index contributed by atoms with van der Waals surface area (Å²) in [5, 5.41) is 0. The van der Waals surface area contributed by atoms with E-state index in [4.69, 9.17) is 10.5 Å². The van der Waals surface area contributed by atoms with E-state index in [2.05, 4.69) is 6.92 Å². The van der Waals surface area contributed by atoms with Crippen LogP contribution in [0.2, 0.25) is 0 Å². The fourth-order valence-electron chi connectivity index (χ4n) is 2.55. The van der Waals surface area contributed by atoms with Crippen molar-refractivity contribution in [3.63, 3.8) is 0 Å². The lowest BCUT2D eigenvalue weighted by molar-refractivity contribution is 0.0184. The van der Waals surface area contributed by atoms with Crippen molar-refractivity contribution in [2.75, 3.05) is 20.2 Å². The van der Waals surface area contributed by atoms with Crippen molar-refractivity contribution in [3.05, 3.63) is 15.8 Å². The number of piperidine rings is 1. The normalized spacial score (nSPS) is 25.0. The molecule has 1 aromatic rings. The maximum absolute atomic E-state index is 12.7. The van der Waals surface area contributed by atoms with Gasteiger partial charge in [-0.25, -0.2) is 8.42 Å². The molecule has 1 aromatic heterocycles. The Morgan fingerprint density at radius 2 is 2.25 bits per heavy atom. The van der Waals surface area contributed by atoms with Crippen LogP contribution in [-0.2, 0) is 21.3 Å². The molecule has 2 heterocycles. The van der Waals surface area contributed by atoms with Crippen molar-refractivity contribution in [1.29, 1.82) is 0 Å². The summed E-state index contributed by atoms with van der Waals surface area (Å²) >= 11 is 1.45. The Hall–Kier alpha value is -0.470. The Morgan fingerprint density at radius 1 is 1.55 bits per heavy atom. The molecule has 2 rings (SSSR count). The first-order chi connectivity index (χ1) is 9.40. The topological polar surface area (TPSA) is 72.6 Å². The van der Waals surface area contributed by atoms with Crippen molar-refractivity contribution >= 4 is 21.4 Å². The number of hydrogen-bond donors (Lipinski definition) is 1. The van der Waals surface area contributed by atoms with Gasteiger partial charge in [-0.05, 0) is 25.3 Å². The molecule has 0 bridgehead atoms. The number of nitrogens with zero attached hydrogens (tertiary/aromatic N) is 1. The fourth-order valence-corrected chi connectivity index (χ4v) is 5.50. The average Bonchev–Trinajstić information content (AvgIpc) is 2.81. The number of ether oxygens (including phenoxy) is 1. The van der Waals surface area contributed by atoms with E-state index in [0.717, 1.165) is 16.2 Å². The Labute approximate surface area is 124 Å². The summed E-state index contributed by atoms with van der Waals surface area (Å²) in [6.07, 6.45) is 0.788. The predicted molar refractivity (Wildman–Crippen MR) is 80.3 cm³/mol. The molecule has 20 heavy (non-hydrogen) atoms. The monoisotopic (exact) mass is 318 g/mol. The van der Waals surface area contributed by atoms with Gasteiger partial charge >= 0.3 is 0 Å². The number of aryl methyl sites for hydroxylation is 1. The van der Waals surface area contributed by atoms with Crippen molar-refractivity contribution < 1.29 is 13.2 Å². The minimum absolute atomic E-state index is 0.0357. The summed E-state index contributed by atoms with van der Waals surface area (Å²) in [6.45, 7) is 5.28. The number of thiophene rings is 1. The molecule has 0 aliphatic carbocycles. The van der Waals surface area contributed by atoms with Crippen LogP contribution in [0.15, 0.2) is 11.0 Å². The SMILES string of the molecule is COC1CN(S(=O)(=O)c2cc(CN)sc2C)CCC1C. The second kappa shape index (κ2) is 6.11. The van der Waals surface area contributed by atoms with E-state index in [1.807, 2.05) is 6.92 Å². The lowest BCUT2D eigenvalue weighted by Crippen LogP contribution is -2.46. The van der Waals surface area contributed by atoms with Crippen molar-refractivity contribution in [2.24, 2.45) is 11.7 Å². The van der Waals surface area contributed by atoms with E-state index in [9.17, 15) is 8.42 Å². The first-order valence-electron chi connectivity index (χ1n) is 6.72. The molecule has 2 atom stereocenters. The highest BCUT2D eigenvalue weighted by Crippen LogP contribution is 2.31. The van der Waals surface area contributed by atoms with Gasteiger partial charge in [-0.3, -0.25) is 0 Å². The van der Waals surface area contributed by atoms with Gasteiger partial charge in [0, 0.05) is 36.5 Å². The number of hydrogen-bond acceptors (Lipinski definition) is 5. The summed E-state index contributed by atoms with van der Waals surface area (Å²) in [6, 6.07) is 1.70. The summed E-state index contributed by atoms with van der Waals surface area (Å²) in [5.41, 5.74) is 5.60. The largest absolute Gasteiger partial charge is 0.380 e. The zero-order valence-corrected chi connectivity index (χ0v) is 13.8. The smallest absolute Gasteiger partial charge is 0.244 e. The van der Waals surface area contributed by atoms with Crippen LogP contribution >= 0.6 is 11.3 Å². The van der Waals surface area contributed by atoms with Crippen molar-refractivity contribution in [2.45, 2.75) is 37.8 Å². The zero-order chi connectivity index (χ0) is 14.9. The third-order valence-corrected chi connectivity index (χ3v) is 7.09. The molecule has 2 N–H and O–H groups in total. The van der Waals surface area contributed by atoms with Gasteiger partial charge in [0.1, 0.15) is 0 Å². The molecule has 0 amide bonds. The molecule has 0 spiro atoms. The van der Waals surface area contributed by atoms with Gasteiger partial charge in [-0.15, -0.1) is 11.3 Å². The first-order valence-corrected chi connectivity index (χ1v) is 8.98. The summed E-state index contributed by atoms with van der Waals surface area (Å²) in [7, 11) is -1.80. The quantitative estimate of drug-likeness (QED) is 0.914. The molecule has 7 heteroatoms. The molecule has 0 aromatic carbocycles. The van der Waals surface area contributed by atoms with E-state index in [-0.39, 0.29) is 6.10 Å². The van der Waals surface area contributed by atoms with Crippen LogP contribution in [0, 0.1) is 12.8 Å². The van der Waals surface area contributed by atoms with Crippen LogP contribution in [0.5, 0.6) is 0 Å². The van der Waals surface area contributed by atoms with Gasteiger partial charge in [-0.1, -0.05) is 6.92 Å². The minimum atomic E-state index is -3.44. The highest BCUT2D eigenvalue weighted by atomic mass is 32.2. The fraction of sp³-hybridized carbons (Fsp3) is 0.692. The third-order valence-electron chi connectivity index (χ3n) is 3.90. The Kier molecular flexibility index (Phi) is 4.86. The molecular weight excluding hydrogens is 296 g/mol. The molecule has 1 aliphatic heterocycles. The summed E-state index contributed by atoms with van der Waals surface area (Å²) in [4.78, 5) is 2.10. The van der Waals surface area contributed by atoms with Gasteiger partial charge in [-0.2, -0.15) is 4.31 Å². The molecule has 0 radical (unpaired) electrons. The average molecular weight is 318 g/mol. The molecular formula is C13H22N2O3S2. The highest BCUT2D eigenvalue weighted by Gasteiger charge is 2.35. The molecule has 2 unspecified atom stereocenters. The Balaban J connectivity index is 2.28. The van der Waals surface area contributed by atoms with E-state index >= 15 is 0 Å². The van der Waals surface area contributed by atoms with Gasteiger partial charge in [0.15, 0.2) is 0 Å². The second-order valence-electron chi connectivity index (χ2n) is 5.24. The van der Waals surface area contributed by atoms with Crippen LogP contribution in [0.4, 0.5) is 0 Å². The maximum Gasteiger partial charge on any atom is 0.244 e. The van der Waals surface area contributed by atoms with Crippen LogP contribution in [-0.4, -0.2) is 39.0 Å². The van der Waals surface area contributed by atoms with Crippen LogP contribution in [0.3, 0.4) is 0 Å². The summed E-state index contributed by atoms with van der Waals surface area (Å²) < 4.78 is 32.4. The molecule has 0 saturated carbocycles. The first kappa shape index (κ1) is 15.9. The van der Waals surface area contributed by atoms with Gasteiger partial charge in [0.05, 0.1) is 11.0 Å². The minimum Gasteiger partial charge on any atom is -0.380 e. The second-order valence-corrected chi connectivity index (χ2v) is 8.49. The zero-order valence-electron chi connectivity index (χ0n) is 12.1. The highest BCUT2D eigenvalue weighted by molar-refractivity contribution is 7.89. The maximum atomic E-state index is 12.7. The van der Waals surface area contributed by atoms with Crippen LogP contribution < -0.4 is 5.73 Å². The van der Waals surface area contributed by atoms with Crippen molar-refractivity contribution in [1.82, 2.24) is 4.31 Å². The number of nitrogens with two attached hydrogens (primary N) is 1. The van der Waals surface area contributed by atoms with E-state index < -0.39 is 10.0 Å². The van der Waals surface area contributed by atoms with Gasteiger partial charge in [0.25, 0.3) is 0 Å². The molecule has 1 saturated heterocycles. The number of methoxy groups -OCH3 is 1. The number of sulfonamides is 1. The van der Waals surface area contributed by atoms with E-state index in [0.29, 0.717) is 30.4 Å². The van der Waals surface area contributed by atoms with Crippen LogP contribution in [0.1, 0.15) is 23.1 Å². The standard InChI is InChI=1S/C13H22N2O3S2/c1-9-4-5-15(8-12(9)18-3)20(16,17)13-6-11(7-14)19-10(13)2/h6,9,12H,4-5,7-8,14H2,1-3H3. The summed E-state index contributed by atoms with van der Waals surface area (Å²) in [5.74, 6) is 0.384. The van der Waals surface area contributed by atoms with E-state index in [1.54, 1.807) is 13.2 Å². The molecule has 1 fully saturated rings. The van der Waals surface area contributed by atoms with Gasteiger partial charge < -0.3 is 10.5 Å². The predicted octanol–water partition coefficient (Wildman–Crippen LogP) is 1.56. The van der Waals surface area contributed by atoms with Crippen LogP contribution in [0.25, 0.3) is 0 Å². The molecule has 114 valence electrons. The Bertz CT molecular complexity index is 568. The lowest BCUT2D eigenvalue weighted by Gasteiger charge is -2.35. The Morgan fingerprint density at radius 3 is 2.80 bits per heavy atom.